The molecule has 1 aromatic carbocycles. The van der Waals surface area contributed by atoms with E-state index in [1.807, 2.05) is 57.8 Å². The smallest absolute Gasteiger partial charge is 0.505 e. The Morgan fingerprint density at radius 3 is 2.12 bits per heavy atom. The molecule has 0 bridgehead atoms. The van der Waals surface area contributed by atoms with Crippen molar-refractivity contribution in [2.75, 3.05) is 0 Å². The Morgan fingerprint density at radius 2 is 1.58 bits per heavy atom. The second-order valence-corrected chi connectivity index (χ2v) is 5.81. The minimum absolute atomic E-state index is 0. The number of rotatable bonds is 5. The van der Waals surface area contributed by atoms with Crippen molar-refractivity contribution in [2.24, 2.45) is 0 Å². The second-order valence-electron chi connectivity index (χ2n) is 4.90. The van der Waals surface area contributed by atoms with Gasteiger partial charge < -0.3 is 4.65 Å². The summed E-state index contributed by atoms with van der Waals surface area (Å²) in [5.74, 6) is 0.327. The average molecular weight is 459 g/mol. The molecule has 0 heterocycles. The average Bonchev–Trinajstić information content (AvgIpc) is 3.30. The van der Waals surface area contributed by atoms with E-state index >= 15 is 0 Å². The van der Waals surface area contributed by atoms with Crippen LogP contribution in [0.25, 0.3) is 0 Å². The van der Waals surface area contributed by atoms with Crippen LogP contribution in [0, 0.1) is 63.7 Å². The van der Waals surface area contributed by atoms with Crippen molar-refractivity contribution in [1.82, 2.24) is 0 Å². The third kappa shape index (κ3) is 8.36. The molecule has 132 valence electrons. The number of carbonyl (C=O) groups excluding carboxylic acids is 1. The molecular weight excluding hydrogens is 445 g/mol. The summed E-state index contributed by atoms with van der Waals surface area (Å²) in [5.41, 5.74) is 0.0856. The van der Waals surface area contributed by atoms with Crippen LogP contribution in [0.15, 0.2) is 34.8 Å². The van der Waals surface area contributed by atoms with Crippen molar-refractivity contribution in [1.29, 1.82) is 0 Å². The molecule has 7 heteroatoms. The van der Waals surface area contributed by atoms with E-state index in [0.717, 1.165) is 5.92 Å². The predicted molar refractivity (Wildman–Crippen MR) is 98.2 cm³/mol. The van der Waals surface area contributed by atoms with E-state index in [9.17, 15) is 13.4 Å². The minimum Gasteiger partial charge on any atom is -0.505 e. The Labute approximate surface area is 174 Å². The topological polar surface area (TPSA) is 26.3 Å². The van der Waals surface area contributed by atoms with Crippen LogP contribution >= 0.6 is 15.9 Å². The summed E-state index contributed by atoms with van der Waals surface area (Å²) in [5, 5.41) is 0. The Morgan fingerprint density at radius 1 is 1.00 bits per heavy atom. The number of allylic oxidation sites excluding steroid dienone is 2. The molecule has 2 saturated carbocycles. The number of benzene rings is 1. The third-order valence-electron chi connectivity index (χ3n) is 3.09. The first-order valence-corrected chi connectivity index (χ1v) is 8.21. The van der Waals surface area contributed by atoms with Crippen LogP contribution in [0.3, 0.4) is 0 Å². The number of hydrogen-bond donors (Lipinski definition) is 0. The SMILES string of the molecule is O=C(/C=C/[C]1[CH][CH][CH][CH]1)c1cc(Br)ccc1OB(F)F.[CH]1[CH][CH][CH][CH]1.[Fe+2]. The van der Waals surface area contributed by atoms with Gasteiger partial charge in [0.1, 0.15) is 5.75 Å². The van der Waals surface area contributed by atoms with Crippen LogP contribution in [0.5, 0.6) is 5.75 Å². The molecule has 0 spiro atoms. The van der Waals surface area contributed by atoms with E-state index in [4.69, 9.17) is 0 Å². The molecule has 0 aromatic heterocycles. The fraction of sp³-hybridized carbons (Fsp3) is 0. The predicted octanol–water partition coefficient (Wildman–Crippen LogP) is 4.91. The van der Waals surface area contributed by atoms with Crippen molar-refractivity contribution in [3.8, 4) is 5.75 Å². The van der Waals surface area contributed by atoms with Crippen molar-refractivity contribution in [3.63, 3.8) is 0 Å². The van der Waals surface area contributed by atoms with E-state index in [0.29, 0.717) is 4.47 Å². The molecule has 3 rings (SSSR count). The molecule has 2 aliphatic rings. The molecule has 2 fully saturated rings. The van der Waals surface area contributed by atoms with Gasteiger partial charge in [-0.3, -0.25) is 4.79 Å². The molecule has 0 atom stereocenters. The molecule has 0 N–H and O–H groups in total. The Kier molecular flexibility index (Phi) is 11.4. The maximum absolute atomic E-state index is 12.3. The monoisotopic (exact) mass is 458 g/mol. The van der Waals surface area contributed by atoms with Gasteiger partial charge in [-0.05, 0) is 82.1 Å². The van der Waals surface area contributed by atoms with Gasteiger partial charge in [0.25, 0.3) is 0 Å². The quantitative estimate of drug-likeness (QED) is 0.356. The second kappa shape index (κ2) is 12.7. The Balaban J connectivity index is 0.000000486. The summed E-state index contributed by atoms with van der Waals surface area (Å²) in [7, 11) is -2.97. The fourth-order valence-electron chi connectivity index (χ4n) is 1.98. The summed E-state index contributed by atoms with van der Waals surface area (Å²) in [6.07, 6.45) is 20.3. The summed E-state index contributed by atoms with van der Waals surface area (Å²) in [4.78, 5) is 12.1. The van der Waals surface area contributed by atoms with Crippen LogP contribution in [0.2, 0.25) is 0 Å². The minimum atomic E-state index is -2.97. The Hall–Kier alpha value is -0.646. The number of carbonyl (C=O) groups is 1. The normalized spacial score (nSPS) is 16.7. The van der Waals surface area contributed by atoms with Gasteiger partial charge in [0.05, 0.1) is 5.56 Å². The molecule has 10 radical (unpaired) electrons. The van der Waals surface area contributed by atoms with E-state index < -0.39 is 13.3 Å². The van der Waals surface area contributed by atoms with Crippen molar-refractivity contribution in [3.05, 3.63) is 104 Å². The standard InChI is InChI=1S/C14H9BBrF2O2.C5H5.Fe/c16-11-6-8-14(20-15(17)18)12(9-11)13(19)7-5-10-3-1-2-4-10;1-2-4-5-3-1;/h1-9H;1-5H;/q;;+2/b7-5+;;. The number of ketones is 1. The summed E-state index contributed by atoms with van der Waals surface area (Å²) >= 11 is 3.20. The van der Waals surface area contributed by atoms with Crippen molar-refractivity contribution >= 4 is 29.2 Å². The number of hydrogen-bond acceptors (Lipinski definition) is 2. The van der Waals surface area contributed by atoms with E-state index in [-0.39, 0.29) is 28.4 Å². The Bertz CT molecular complexity index is 581. The fourth-order valence-corrected chi connectivity index (χ4v) is 2.34. The first-order valence-electron chi connectivity index (χ1n) is 7.41. The van der Waals surface area contributed by atoms with Gasteiger partial charge >= 0.3 is 24.5 Å². The van der Waals surface area contributed by atoms with Crippen LogP contribution in [0.4, 0.5) is 8.63 Å². The van der Waals surface area contributed by atoms with Crippen LogP contribution in [-0.2, 0) is 17.1 Å². The van der Waals surface area contributed by atoms with E-state index in [1.165, 1.54) is 24.3 Å². The summed E-state index contributed by atoms with van der Waals surface area (Å²) < 4.78 is 29.6. The molecule has 0 amide bonds. The molecule has 2 aliphatic carbocycles. The van der Waals surface area contributed by atoms with E-state index in [1.54, 1.807) is 6.08 Å². The van der Waals surface area contributed by atoms with Gasteiger partial charge in [-0.2, -0.15) is 0 Å². The van der Waals surface area contributed by atoms with Crippen LogP contribution in [-0.4, -0.2) is 13.3 Å². The zero-order valence-electron chi connectivity index (χ0n) is 13.5. The zero-order chi connectivity index (χ0) is 18.1. The first-order chi connectivity index (χ1) is 12.1. The van der Waals surface area contributed by atoms with Gasteiger partial charge in [-0.1, -0.05) is 22.0 Å². The summed E-state index contributed by atoms with van der Waals surface area (Å²) in [6, 6.07) is 4.32. The first kappa shape index (κ1) is 23.4. The van der Waals surface area contributed by atoms with Crippen LogP contribution in [0.1, 0.15) is 10.4 Å². The molecule has 1 aromatic rings. The maximum Gasteiger partial charge on any atom is 2.00 e. The van der Waals surface area contributed by atoms with E-state index in [2.05, 4.69) is 20.6 Å². The maximum atomic E-state index is 12.3. The van der Waals surface area contributed by atoms with Crippen molar-refractivity contribution in [2.45, 2.75) is 0 Å². The largest absolute Gasteiger partial charge is 2.00 e. The van der Waals surface area contributed by atoms with Gasteiger partial charge in [0.15, 0.2) is 5.78 Å². The number of halogens is 3. The molecule has 0 saturated heterocycles. The third-order valence-corrected chi connectivity index (χ3v) is 3.59. The van der Waals surface area contributed by atoms with Gasteiger partial charge in [-0.15, -0.1) is 0 Å². The van der Waals surface area contributed by atoms with Crippen LogP contribution < -0.4 is 4.65 Å². The van der Waals surface area contributed by atoms with Gasteiger partial charge in [0.2, 0.25) is 0 Å². The van der Waals surface area contributed by atoms with Gasteiger partial charge in [-0.25, -0.2) is 8.63 Å². The molecule has 26 heavy (non-hydrogen) atoms. The van der Waals surface area contributed by atoms with Gasteiger partial charge in [0, 0.05) is 10.4 Å². The van der Waals surface area contributed by atoms with Crippen molar-refractivity contribution < 1.29 is 35.1 Å². The molecule has 2 nitrogen and oxygen atoms in total. The zero-order valence-corrected chi connectivity index (χ0v) is 16.2. The molecular formula is C19H14BBrF2FeO2+2. The molecule has 0 aliphatic heterocycles. The summed E-state index contributed by atoms with van der Waals surface area (Å²) in [6.45, 7) is 0. The molecule has 0 unspecified atom stereocenters.